The molecule has 2 heterocycles. The number of aliphatic hydroxyl groups is 1. The van der Waals surface area contributed by atoms with Crippen LogP contribution in [0.3, 0.4) is 0 Å². The Balaban J connectivity index is 0.000000463. The molecule has 4 saturated carbocycles. The normalized spacial score (nSPS) is 41.6. The standard InChI is InChI=1S/C32H53N2O4.C4H6O4/c1-5-14-34(15-6-7-16-34)28-20-26-24-9-8-23-19-29(36)27(33-12-17-37-18-13-33)21-32(23,4)25(24)10-11-31(26,3)30(28)38-22(2)35;5-3(6)1-2-4(7)8/h5,23-30,36H,1,6-21H2,2-4H3;1-2H2,(H,5,6)(H,7,8)/q+1;/t23-,24+,25-,26-,27-,28-,29-,30-,31-,32-;/m0./s1. The van der Waals surface area contributed by atoms with Crippen molar-refractivity contribution in [3.8, 4) is 0 Å². The van der Waals surface area contributed by atoms with Crippen molar-refractivity contribution < 1.29 is 43.7 Å². The highest BCUT2D eigenvalue weighted by molar-refractivity contribution is 5.75. The molecule has 4 aliphatic carbocycles. The van der Waals surface area contributed by atoms with Crippen LogP contribution in [0.25, 0.3) is 0 Å². The molecule has 0 aromatic rings. The molecule has 260 valence electrons. The molecular formula is C36H59N2O8+. The molecule has 2 saturated heterocycles. The monoisotopic (exact) mass is 647 g/mol. The zero-order chi connectivity index (χ0) is 33.3. The number of hydrogen-bond acceptors (Lipinski definition) is 7. The van der Waals surface area contributed by atoms with E-state index < -0.39 is 11.9 Å². The first kappa shape index (κ1) is 35.3. The van der Waals surface area contributed by atoms with E-state index >= 15 is 0 Å². The molecular weight excluding hydrogens is 588 g/mol. The van der Waals surface area contributed by atoms with Gasteiger partial charge in [-0.2, -0.15) is 0 Å². The molecule has 46 heavy (non-hydrogen) atoms. The van der Waals surface area contributed by atoms with Gasteiger partial charge in [0.2, 0.25) is 0 Å². The fourth-order valence-corrected chi connectivity index (χ4v) is 11.5. The highest BCUT2D eigenvalue weighted by Gasteiger charge is 2.67. The van der Waals surface area contributed by atoms with Crippen LogP contribution in [0.15, 0.2) is 12.7 Å². The van der Waals surface area contributed by atoms with Gasteiger partial charge >= 0.3 is 17.9 Å². The number of carbonyl (C=O) groups excluding carboxylic acids is 1. The van der Waals surface area contributed by atoms with E-state index in [9.17, 15) is 19.5 Å². The molecule has 6 rings (SSSR count). The van der Waals surface area contributed by atoms with Crippen LogP contribution in [0.2, 0.25) is 0 Å². The van der Waals surface area contributed by atoms with Crippen LogP contribution in [0.4, 0.5) is 0 Å². The first-order chi connectivity index (χ1) is 21.8. The average molecular weight is 648 g/mol. The smallest absolute Gasteiger partial charge is 0.303 e. The van der Waals surface area contributed by atoms with Gasteiger partial charge in [-0.1, -0.05) is 20.4 Å². The molecule has 0 aromatic carbocycles. The lowest BCUT2D eigenvalue weighted by atomic mass is 9.44. The van der Waals surface area contributed by atoms with Gasteiger partial charge in [-0.3, -0.25) is 19.3 Å². The number of aliphatic hydroxyl groups excluding tert-OH is 1. The van der Waals surface area contributed by atoms with Crippen molar-refractivity contribution in [1.29, 1.82) is 0 Å². The predicted octanol–water partition coefficient (Wildman–Crippen LogP) is 4.34. The van der Waals surface area contributed by atoms with Crippen molar-refractivity contribution >= 4 is 17.9 Å². The number of carboxylic acid groups (broad SMARTS) is 2. The van der Waals surface area contributed by atoms with Gasteiger partial charge in [0.25, 0.3) is 0 Å². The van der Waals surface area contributed by atoms with Crippen molar-refractivity contribution in [2.75, 3.05) is 45.9 Å². The molecule has 10 heteroatoms. The molecule has 10 nitrogen and oxygen atoms in total. The summed E-state index contributed by atoms with van der Waals surface area (Å²) < 4.78 is 13.1. The maximum absolute atomic E-state index is 12.5. The van der Waals surface area contributed by atoms with Gasteiger partial charge in [0.1, 0.15) is 6.04 Å². The summed E-state index contributed by atoms with van der Waals surface area (Å²) >= 11 is 0. The van der Waals surface area contributed by atoms with Crippen LogP contribution in [0, 0.1) is 34.5 Å². The summed E-state index contributed by atoms with van der Waals surface area (Å²) in [5.41, 5.74) is 0.343. The number of nitrogens with zero attached hydrogens (tertiary/aromatic N) is 2. The molecule has 2 aliphatic heterocycles. The SMILES string of the molecule is C=CC[N+]1([C@H]2C[C@H]3[C@@H]4CC[C@H]5C[C@H](O)[C@@H](N6CCOCC6)C[C@]5(C)[C@H]4CC[C@]3(C)[C@H]2OC(C)=O)CCCC1.O=C(O)CCC(=O)O. The first-order valence-corrected chi connectivity index (χ1v) is 17.9. The minimum absolute atomic E-state index is 0.0174. The Hall–Kier alpha value is -2.01. The van der Waals surface area contributed by atoms with Crippen molar-refractivity contribution in [2.24, 2.45) is 34.5 Å². The Labute approximate surface area is 275 Å². The summed E-state index contributed by atoms with van der Waals surface area (Å²) in [6.45, 7) is 17.7. The van der Waals surface area contributed by atoms with Gasteiger partial charge in [-0.15, -0.1) is 0 Å². The van der Waals surface area contributed by atoms with Crippen molar-refractivity contribution in [3.05, 3.63) is 12.7 Å². The summed E-state index contributed by atoms with van der Waals surface area (Å²) in [5.74, 6) is 0.385. The maximum atomic E-state index is 12.5. The number of rotatable bonds is 8. The Kier molecular flexibility index (Phi) is 10.9. The second-order valence-electron chi connectivity index (χ2n) is 15.9. The van der Waals surface area contributed by atoms with Gasteiger partial charge in [0.15, 0.2) is 6.10 Å². The molecule has 0 amide bonds. The van der Waals surface area contributed by atoms with E-state index in [0.29, 0.717) is 29.7 Å². The van der Waals surface area contributed by atoms with Crippen LogP contribution < -0.4 is 0 Å². The van der Waals surface area contributed by atoms with Crippen LogP contribution in [-0.2, 0) is 23.9 Å². The van der Waals surface area contributed by atoms with Crippen LogP contribution in [-0.4, -0.2) is 113 Å². The van der Waals surface area contributed by atoms with E-state index in [1.807, 2.05) is 0 Å². The van der Waals surface area contributed by atoms with Gasteiger partial charge in [-0.05, 0) is 73.7 Å². The number of carbonyl (C=O) groups is 3. The Bertz CT molecular complexity index is 1110. The summed E-state index contributed by atoms with van der Waals surface area (Å²) in [7, 11) is 0. The van der Waals surface area contributed by atoms with Gasteiger partial charge in [0, 0.05) is 50.7 Å². The van der Waals surface area contributed by atoms with Crippen LogP contribution in [0.5, 0.6) is 0 Å². The zero-order valence-electron chi connectivity index (χ0n) is 28.4. The number of morpholine rings is 1. The van der Waals surface area contributed by atoms with Crippen molar-refractivity contribution in [2.45, 2.75) is 116 Å². The first-order valence-electron chi connectivity index (χ1n) is 17.9. The topological polar surface area (TPSA) is 134 Å². The fourth-order valence-electron chi connectivity index (χ4n) is 11.5. The molecule has 0 bridgehead atoms. The molecule has 0 unspecified atom stereocenters. The van der Waals surface area contributed by atoms with E-state index in [1.54, 1.807) is 6.92 Å². The summed E-state index contributed by atoms with van der Waals surface area (Å²) in [4.78, 5) is 34.3. The van der Waals surface area contributed by atoms with Crippen LogP contribution >= 0.6 is 0 Å². The number of carboxylic acids is 2. The summed E-state index contributed by atoms with van der Waals surface area (Å²) in [5, 5.41) is 27.1. The molecule has 0 radical (unpaired) electrons. The number of esters is 1. The highest BCUT2D eigenvalue weighted by Crippen LogP contribution is 2.67. The van der Waals surface area contributed by atoms with Crippen molar-refractivity contribution in [3.63, 3.8) is 0 Å². The average Bonchev–Trinajstić information content (AvgIpc) is 3.60. The van der Waals surface area contributed by atoms with Crippen molar-refractivity contribution in [1.82, 2.24) is 4.90 Å². The Morgan fingerprint density at radius 1 is 0.978 bits per heavy atom. The number of hydrogen-bond donors (Lipinski definition) is 3. The number of likely N-dealkylation sites (tertiary alicyclic amines) is 1. The molecule has 6 fully saturated rings. The Morgan fingerprint density at radius 2 is 1.63 bits per heavy atom. The zero-order valence-corrected chi connectivity index (χ0v) is 28.4. The van der Waals surface area contributed by atoms with Gasteiger partial charge < -0.3 is 29.3 Å². The molecule has 3 N–H and O–H groups in total. The maximum Gasteiger partial charge on any atom is 0.303 e. The van der Waals surface area contributed by atoms with E-state index in [0.717, 1.165) is 56.6 Å². The minimum Gasteiger partial charge on any atom is -0.481 e. The highest BCUT2D eigenvalue weighted by atomic mass is 16.5. The summed E-state index contributed by atoms with van der Waals surface area (Å²) in [6.07, 6.45) is 12.1. The van der Waals surface area contributed by atoms with Crippen LogP contribution in [0.1, 0.15) is 91.4 Å². The second-order valence-corrected chi connectivity index (χ2v) is 15.9. The third kappa shape index (κ3) is 6.78. The fraction of sp³-hybridized carbons (Fsp3) is 0.861. The largest absolute Gasteiger partial charge is 0.481 e. The quantitative estimate of drug-likeness (QED) is 0.200. The lowest BCUT2D eigenvalue weighted by molar-refractivity contribution is -0.937. The van der Waals surface area contributed by atoms with E-state index in [4.69, 9.17) is 19.7 Å². The number of ether oxygens (including phenoxy) is 2. The van der Waals surface area contributed by atoms with E-state index in [2.05, 4.69) is 31.4 Å². The molecule has 10 atom stereocenters. The van der Waals surface area contributed by atoms with Gasteiger partial charge in [-0.25, -0.2) is 0 Å². The van der Waals surface area contributed by atoms with E-state index in [-0.39, 0.29) is 47.9 Å². The molecule has 0 aromatic heterocycles. The molecule has 6 aliphatic rings. The molecule has 0 spiro atoms. The number of fused-ring (bicyclic) bond motifs is 5. The number of aliphatic carboxylic acids is 2. The minimum atomic E-state index is -1.08. The third-order valence-electron chi connectivity index (χ3n) is 13.6. The van der Waals surface area contributed by atoms with Gasteiger partial charge in [0.05, 0.1) is 51.8 Å². The lowest BCUT2D eigenvalue weighted by Gasteiger charge is -2.62. The lowest BCUT2D eigenvalue weighted by Crippen LogP contribution is -2.61. The number of quaternary nitrogens is 1. The van der Waals surface area contributed by atoms with E-state index in [1.165, 1.54) is 51.6 Å². The summed E-state index contributed by atoms with van der Waals surface area (Å²) in [6, 6.07) is 0.663. The third-order valence-corrected chi connectivity index (χ3v) is 13.6. The Morgan fingerprint density at radius 3 is 2.22 bits per heavy atom. The second kappa shape index (κ2) is 14.2. The predicted molar refractivity (Wildman–Crippen MR) is 173 cm³/mol.